The van der Waals surface area contributed by atoms with Crippen molar-refractivity contribution in [1.82, 2.24) is 4.90 Å². The average Bonchev–Trinajstić information content (AvgIpc) is 2.51. The van der Waals surface area contributed by atoms with Gasteiger partial charge < -0.3 is 4.90 Å². The van der Waals surface area contributed by atoms with E-state index in [2.05, 4.69) is 15.9 Å². The summed E-state index contributed by atoms with van der Waals surface area (Å²) in [5, 5.41) is -0.125. The molecule has 1 aromatic rings. The summed E-state index contributed by atoms with van der Waals surface area (Å²) in [5.41, 5.74) is 0.763. The lowest BCUT2D eigenvalue weighted by Crippen LogP contribution is -2.24. The molecule has 1 heterocycles. The molecule has 1 unspecified atom stereocenters. The molecule has 1 amide bonds. The normalized spacial score (nSPS) is 20.6. The lowest BCUT2D eigenvalue weighted by molar-refractivity contribution is -0.128. The third-order valence-corrected chi connectivity index (χ3v) is 3.60. The van der Waals surface area contributed by atoms with Gasteiger partial charge in [-0.05, 0) is 23.8 Å². The Morgan fingerprint density at radius 2 is 2.31 bits per heavy atom. The summed E-state index contributed by atoms with van der Waals surface area (Å²) in [7, 11) is 0. The lowest BCUT2D eigenvalue weighted by atomic mass is 10.2. The van der Waals surface area contributed by atoms with E-state index in [1.807, 2.05) is 0 Å². The molecule has 1 aliphatic rings. The van der Waals surface area contributed by atoms with E-state index in [0.29, 0.717) is 19.5 Å². The molecule has 5 heteroatoms. The molecule has 0 aromatic heterocycles. The summed E-state index contributed by atoms with van der Waals surface area (Å²) >= 11 is 9.23. The molecule has 0 spiro atoms. The van der Waals surface area contributed by atoms with E-state index in [1.54, 1.807) is 11.0 Å². The van der Waals surface area contributed by atoms with Gasteiger partial charge in [0.15, 0.2) is 0 Å². The van der Waals surface area contributed by atoms with Crippen LogP contribution in [0.1, 0.15) is 12.0 Å². The zero-order valence-corrected chi connectivity index (χ0v) is 10.8. The van der Waals surface area contributed by atoms with Crippen molar-refractivity contribution < 1.29 is 9.18 Å². The van der Waals surface area contributed by atoms with Gasteiger partial charge >= 0.3 is 0 Å². The topological polar surface area (TPSA) is 20.3 Å². The van der Waals surface area contributed by atoms with Crippen molar-refractivity contribution in [2.45, 2.75) is 18.3 Å². The van der Waals surface area contributed by atoms with Crippen LogP contribution >= 0.6 is 27.5 Å². The molecule has 0 N–H and O–H groups in total. The molecule has 1 atom stereocenters. The molecule has 0 saturated carbocycles. The van der Waals surface area contributed by atoms with E-state index in [0.717, 1.165) is 10.0 Å². The largest absolute Gasteiger partial charge is 0.337 e. The molecule has 86 valence electrons. The third kappa shape index (κ3) is 2.55. The number of rotatable bonds is 2. The first-order chi connectivity index (χ1) is 7.56. The third-order valence-electron chi connectivity index (χ3n) is 2.54. The Kier molecular flexibility index (Phi) is 3.50. The number of nitrogens with zero attached hydrogens (tertiary/aromatic N) is 1. The molecule has 2 rings (SSSR count). The van der Waals surface area contributed by atoms with Gasteiger partial charge in [-0.2, -0.15) is 0 Å². The molecular weight excluding hydrogens is 296 g/mol. The summed E-state index contributed by atoms with van der Waals surface area (Å²) in [6.45, 7) is 0.934. The van der Waals surface area contributed by atoms with Crippen molar-refractivity contribution in [2.24, 2.45) is 0 Å². The Bertz CT molecular complexity index is 426. The Morgan fingerprint density at radius 1 is 1.56 bits per heavy atom. The highest BCUT2D eigenvalue weighted by Gasteiger charge is 2.28. The molecule has 1 fully saturated rings. The smallest absolute Gasteiger partial charge is 0.224 e. The second-order valence-electron chi connectivity index (χ2n) is 3.81. The van der Waals surface area contributed by atoms with Crippen molar-refractivity contribution in [3.05, 3.63) is 34.1 Å². The maximum absolute atomic E-state index is 13.0. The molecule has 0 radical (unpaired) electrons. The predicted molar refractivity (Wildman–Crippen MR) is 63.8 cm³/mol. The van der Waals surface area contributed by atoms with Gasteiger partial charge in [-0.15, -0.1) is 11.6 Å². The van der Waals surface area contributed by atoms with E-state index in [9.17, 15) is 9.18 Å². The monoisotopic (exact) mass is 305 g/mol. The van der Waals surface area contributed by atoms with Crippen LogP contribution in [0.3, 0.4) is 0 Å². The summed E-state index contributed by atoms with van der Waals surface area (Å²) in [4.78, 5) is 13.2. The van der Waals surface area contributed by atoms with E-state index in [-0.39, 0.29) is 17.1 Å². The van der Waals surface area contributed by atoms with Crippen molar-refractivity contribution in [3.63, 3.8) is 0 Å². The molecule has 1 aliphatic heterocycles. The van der Waals surface area contributed by atoms with E-state index in [4.69, 9.17) is 11.6 Å². The van der Waals surface area contributed by atoms with Crippen LogP contribution in [0.25, 0.3) is 0 Å². The van der Waals surface area contributed by atoms with Gasteiger partial charge in [0.2, 0.25) is 5.91 Å². The van der Waals surface area contributed by atoms with Gasteiger partial charge in [0.05, 0.1) is 5.38 Å². The van der Waals surface area contributed by atoms with Crippen molar-refractivity contribution in [2.75, 3.05) is 6.54 Å². The van der Waals surface area contributed by atoms with Gasteiger partial charge in [0.25, 0.3) is 0 Å². The Balaban J connectivity index is 2.15. The fourth-order valence-corrected chi connectivity index (χ4v) is 2.42. The van der Waals surface area contributed by atoms with Crippen LogP contribution in [-0.4, -0.2) is 22.7 Å². The minimum Gasteiger partial charge on any atom is -0.337 e. The lowest BCUT2D eigenvalue weighted by Gasteiger charge is -2.16. The fraction of sp³-hybridized carbons (Fsp3) is 0.364. The predicted octanol–water partition coefficient (Wildman–Crippen LogP) is 2.93. The van der Waals surface area contributed by atoms with Gasteiger partial charge in [0, 0.05) is 24.0 Å². The summed E-state index contributed by atoms with van der Waals surface area (Å²) in [6, 6.07) is 4.45. The van der Waals surface area contributed by atoms with Crippen LogP contribution in [0.4, 0.5) is 4.39 Å². The molecule has 1 saturated heterocycles. The minimum absolute atomic E-state index is 0.0242. The van der Waals surface area contributed by atoms with Gasteiger partial charge in [-0.25, -0.2) is 4.39 Å². The van der Waals surface area contributed by atoms with E-state index in [1.165, 1.54) is 12.1 Å². The molecule has 1 aromatic carbocycles. The number of carbonyl (C=O) groups is 1. The van der Waals surface area contributed by atoms with Crippen molar-refractivity contribution in [1.29, 1.82) is 0 Å². The van der Waals surface area contributed by atoms with Gasteiger partial charge in [-0.1, -0.05) is 15.9 Å². The average molecular weight is 307 g/mol. The maximum atomic E-state index is 13.0. The van der Waals surface area contributed by atoms with Crippen LogP contribution in [0, 0.1) is 5.82 Å². The standard InChI is InChI=1S/C11H10BrClFNO/c12-10-2-1-9(14)3-7(10)5-15-6-8(13)4-11(15)16/h1-3,8H,4-6H2. The highest BCUT2D eigenvalue weighted by molar-refractivity contribution is 9.10. The first-order valence-corrected chi connectivity index (χ1v) is 6.15. The van der Waals surface area contributed by atoms with Gasteiger partial charge in [0.1, 0.15) is 5.82 Å². The molecular formula is C11H10BrClFNO. The quantitative estimate of drug-likeness (QED) is 0.769. The Labute approximate surface area is 107 Å². The van der Waals surface area contributed by atoms with Crippen LogP contribution in [0.5, 0.6) is 0 Å². The number of benzene rings is 1. The zero-order valence-electron chi connectivity index (χ0n) is 8.42. The second kappa shape index (κ2) is 4.72. The number of hydrogen-bond acceptors (Lipinski definition) is 1. The van der Waals surface area contributed by atoms with Crippen molar-refractivity contribution >= 4 is 33.4 Å². The molecule has 2 nitrogen and oxygen atoms in total. The van der Waals surface area contributed by atoms with E-state index < -0.39 is 0 Å². The zero-order chi connectivity index (χ0) is 11.7. The van der Waals surface area contributed by atoms with Crippen LogP contribution in [0.2, 0.25) is 0 Å². The van der Waals surface area contributed by atoms with Crippen molar-refractivity contribution in [3.8, 4) is 0 Å². The highest BCUT2D eigenvalue weighted by atomic mass is 79.9. The number of carbonyl (C=O) groups excluding carboxylic acids is 1. The maximum Gasteiger partial charge on any atom is 0.224 e. The number of halogens is 3. The highest BCUT2D eigenvalue weighted by Crippen LogP contribution is 2.23. The van der Waals surface area contributed by atoms with Crippen LogP contribution in [-0.2, 0) is 11.3 Å². The number of amides is 1. The first-order valence-electron chi connectivity index (χ1n) is 4.92. The molecule has 0 aliphatic carbocycles. The van der Waals surface area contributed by atoms with E-state index >= 15 is 0 Å². The SMILES string of the molecule is O=C1CC(Cl)CN1Cc1cc(F)ccc1Br. The minimum atomic E-state index is -0.299. The summed E-state index contributed by atoms with van der Waals surface area (Å²) in [6.07, 6.45) is 0.370. The summed E-state index contributed by atoms with van der Waals surface area (Å²) in [5.74, 6) is -0.275. The number of hydrogen-bond donors (Lipinski definition) is 0. The molecule has 16 heavy (non-hydrogen) atoms. The molecule has 0 bridgehead atoms. The first kappa shape index (κ1) is 11.9. The van der Waals surface area contributed by atoms with Crippen LogP contribution < -0.4 is 0 Å². The summed E-state index contributed by atoms with van der Waals surface area (Å²) < 4.78 is 13.8. The Hall–Kier alpha value is -0.610. The van der Waals surface area contributed by atoms with Gasteiger partial charge in [-0.3, -0.25) is 4.79 Å². The number of alkyl halides is 1. The second-order valence-corrected chi connectivity index (χ2v) is 5.28. The Morgan fingerprint density at radius 3 is 2.94 bits per heavy atom. The fourth-order valence-electron chi connectivity index (χ4n) is 1.75. The number of likely N-dealkylation sites (tertiary alicyclic amines) is 1. The van der Waals surface area contributed by atoms with Crippen LogP contribution in [0.15, 0.2) is 22.7 Å².